The van der Waals surface area contributed by atoms with E-state index in [2.05, 4.69) is 102 Å². The van der Waals surface area contributed by atoms with Crippen LogP contribution in [-0.4, -0.2) is 63.1 Å². The van der Waals surface area contributed by atoms with E-state index in [0.717, 1.165) is 83.9 Å². The fourth-order valence-corrected chi connectivity index (χ4v) is 25.1. The highest BCUT2D eigenvalue weighted by Crippen LogP contribution is 2.79. The summed E-state index contributed by atoms with van der Waals surface area (Å²) >= 11 is 0. The number of ketones is 2. The molecule has 3 unspecified atom stereocenters. The maximum absolute atomic E-state index is 13.4. The summed E-state index contributed by atoms with van der Waals surface area (Å²) < 4.78 is 25.3. The summed E-state index contributed by atoms with van der Waals surface area (Å²) in [5, 5.41) is 0. The predicted octanol–water partition coefficient (Wildman–Crippen LogP) is 16.3. The van der Waals surface area contributed by atoms with Crippen LogP contribution in [0.1, 0.15) is 231 Å². The second kappa shape index (κ2) is 20.7. The molecule has 2 aliphatic heterocycles. The number of hydrogen-bond donors (Lipinski definition) is 0. The number of hydrogen-bond acceptors (Lipinski definition) is 8. The minimum Gasteiger partial charge on any atom is -0.353 e. The minimum atomic E-state index is -0.491. The lowest BCUT2D eigenvalue weighted by molar-refractivity contribution is -0.247. The molecule has 8 nitrogen and oxygen atoms in total. The highest BCUT2D eigenvalue weighted by Gasteiger charge is 2.74. The molecule has 2 heterocycles. The molecule has 0 amide bonds. The van der Waals surface area contributed by atoms with Crippen molar-refractivity contribution in [2.45, 2.75) is 243 Å². The summed E-state index contributed by atoms with van der Waals surface area (Å²) in [7, 11) is 0. The van der Waals surface area contributed by atoms with Gasteiger partial charge in [-0.1, -0.05) is 99.6 Å². The number of allylic oxidation sites excluding steroid dienone is 4. The highest BCUT2D eigenvalue weighted by atomic mass is 16.7. The van der Waals surface area contributed by atoms with Crippen LogP contribution in [0.2, 0.25) is 0 Å². The molecule has 0 aromatic rings. The first-order valence-corrected chi connectivity index (χ1v) is 33.2. The number of Topliss-reactive ketones (excluding diaryl/α,β-unsaturated/α-hetero) is 2. The average Bonchev–Trinajstić information content (AvgIpc) is 3.17. The third-order valence-electron chi connectivity index (χ3n) is 29.3. The summed E-state index contributed by atoms with van der Waals surface area (Å²) in [5.41, 5.74) is 3.45. The highest BCUT2D eigenvalue weighted by molar-refractivity contribution is 6.15. The Labute approximate surface area is 485 Å². The van der Waals surface area contributed by atoms with Crippen LogP contribution in [0.25, 0.3) is 0 Å². The number of carbonyl (C=O) groups is 4. The van der Waals surface area contributed by atoms with Crippen LogP contribution >= 0.6 is 0 Å². The smallest absolute Gasteiger partial charge is 0.171 e. The summed E-state index contributed by atoms with van der Waals surface area (Å²) in [5.74, 6) is 5.19. The molecule has 12 aliphatic rings. The Bertz CT molecular complexity index is 2480. The molecule has 2 saturated heterocycles. The molecule has 0 radical (unpaired) electrons. The molecule has 0 aromatic heterocycles. The average molecular weight is 1100 g/mol. The zero-order chi connectivity index (χ0) is 57.4. The van der Waals surface area contributed by atoms with Gasteiger partial charge in [-0.05, 0) is 264 Å². The van der Waals surface area contributed by atoms with Gasteiger partial charge in [-0.25, -0.2) is 0 Å². The minimum absolute atomic E-state index is 0.0208. The predicted molar refractivity (Wildman–Crippen MR) is 317 cm³/mol. The molecule has 9 saturated carbocycles. The first-order chi connectivity index (χ1) is 37.7. The fraction of sp³-hybridized carbons (Fsp3) is 0.861. The van der Waals surface area contributed by atoms with E-state index in [1.54, 1.807) is 0 Å². The van der Waals surface area contributed by atoms with Crippen molar-refractivity contribution in [3.8, 4) is 0 Å². The summed E-state index contributed by atoms with van der Waals surface area (Å²) in [6.45, 7) is 40.9. The van der Waals surface area contributed by atoms with Gasteiger partial charge in [0, 0.05) is 24.0 Å². The molecule has 0 aromatic carbocycles. The molecule has 11 fully saturated rings. The molecule has 10 aliphatic carbocycles. The third kappa shape index (κ3) is 8.60. The number of carbonyl (C=O) groups excluding carboxylic acids is 4. The van der Waals surface area contributed by atoms with Crippen molar-refractivity contribution in [3.05, 3.63) is 36.0 Å². The van der Waals surface area contributed by atoms with Gasteiger partial charge in [-0.3, -0.25) is 14.4 Å². The Morgan fingerprint density at radius 2 is 1.04 bits per heavy atom. The van der Waals surface area contributed by atoms with E-state index < -0.39 is 16.7 Å². The normalized spacial score (nSPS) is 50.6. The zero-order valence-corrected chi connectivity index (χ0v) is 52.5. The lowest BCUT2D eigenvalue weighted by atomic mass is 9.32. The van der Waals surface area contributed by atoms with Crippen molar-refractivity contribution < 1.29 is 38.1 Å². The van der Waals surface area contributed by atoms with E-state index >= 15 is 0 Å². The Morgan fingerprint density at radius 3 is 1.50 bits per heavy atom. The quantitative estimate of drug-likeness (QED) is 0.0922. The van der Waals surface area contributed by atoms with E-state index in [4.69, 9.17) is 18.9 Å². The van der Waals surface area contributed by atoms with Gasteiger partial charge >= 0.3 is 0 Å². The molecular formula is C72H110O8. The molecule has 8 heteroatoms. The molecule has 80 heavy (non-hydrogen) atoms. The van der Waals surface area contributed by atoms with Crippen LogP contribution in [0.3, 0.4) is 0 Å². The molecular weight excluding hydrogens is 993 g/mol. The van der Waals surface area contributed by atoms with Crippen molar-refractivity contribution in [1.29, 1.82) is 0 Å². The zero-order valence-electron chi connectivity index (χ0n) is 52.5. The van der Waals surface area contributed by atoms with Crippen molar-refractivity contribution in [2.75, 3.05) is 26.4 Å². The summed E-state index contributed by atoms with van der Waals surface area (Å²) in [4.78, 5) is 51.0. The van der Waals surface area contributed by atoms with E-state index in [1.807, 2.05) is 0 Å². The SMILES string of the molecule is C=C(C)[C@@H]1CC[C@]2(COC3CCCCO3)CC[C@]3(C)[C@H](CC[C@@H]4[C@@]5(C)C=C(C=O)C(=O)C(C)(C)[C@@H]5CC[C@]43C)[C@@H]12.C=C(C)[C@@H]1CC[C@]2(COC3CCCCO3)CC[C@]3(C)[C@H](CC[C@@H]4[C@@]5(C)CC(C=O)C(=O)C(C)(C)[C@@H]5CC[C@]43C)[C@@H]12. The molecule has 21 atom stereocenters. The Balaban J connectivity index is 0.000000169. The van der Waals surface area contributed by atoms with Crippen molar-refractivity contribution >= 4 is 24.1 Å². The van der Waals surface area contributed by atoms with Gasteiger partial charge in [0.2, 0.25) is 0 Å². The van der Waals surface area contributed by atoms with Crippen LogP contribution in [0.5, 0.6) is 0 Å². The topological polar surface area (TPSA) is 105 Å². The molecule has 446 valence electrons. The van der Waals surface area contributed by atoms with Gasteiger partial charge in [0.15, 0.2) is 24.6 Å². The number of fused-ring (bicyclic) bond motifs is 14. The molecule has 0 spiro atoms. The van der Waals surface area contributed by atoms with Gasteiger partial charge in [-0.15, -0.1) is 0 Å². The van der Waals surface area contributed by atoms with E-state index in [-0.39, 0.29) is 73.4 Å². The lowest BCUT2D eigenvalue weighted by Gasteiger charge is -2.72. The van der Waals surface area contributed by atoms with Crippen LogP contribution in [-0.2, 0) is 38.1 Å². The van der Waals surface area contributed by atoms with E-state index in [0.29, 0.717) is 58.8 Å². The second-order valence-electron chi connectivity index (χ2n) is 33.0. The van der Waals surface area contributed by atoms with Crippen LogP contribution in [0.15, 0.2) is 36.0 Å². The van der Waals surface area contributed by atoms with Gasteiger partial charge < -0.3 is 23.7 Å². The Hall–Kier alpha value is -2.26. The number of rotatable bonds is 10. The first kappa shape index (κ1) is 59.5. The van der Waals surface area contributed by atoms with Gasteiger partial charge in [-0.2, -0.15) is 0 Å². The molecule has 0 bridgehead atoms. The molecule has 12 rings (SSSR count). The molecule has 0 N–H and O–H groups in total. The van der Waals surface area contributed by atoms with Gasteiger partial charge in [0.05, 0.1) is 24.7 Å². The standard InChI is InChI=1S/C36H56O4.C36H54O4/c2*1-23(2)25-13-16-36(22-40-29-10-8-9-19-39-29)18-17-34(6)26(30(25)36)11-12-28-33(5)20-24(21-37)31(38)32(3,4)27(33)14-15-35(28,34)7/h21,24-30H,1,8-20,22H2,2-7H3;20-21,25-30H,1,8-19,22H2,2-7H3/t24?,25-,26+,27-,28+,29?,30+,33-,34+,35+,36+;25-,26+,27-,28+,29?,30+,33-,34+,35+,36+/m00/s1. The van der Waals surface area contributed by atoms with Crippen LogP contribution in [0, 0.1) is 119 Å². The monoisotopic (exact) mass is 1100 g/mol. The van der Waals surface area contributed by atoms with Crippen LogP contribution < -0.4 is 0 Å². The Morgan fingerprint density at radius 1 is 0.550 bits per heavy atom. The van der Waals surface area contributed by atoms with Crippen molar-refractivity contribution in [2.24, 2.45) is 119 Å². The maximum atomic E-state index is 13.4. The summed E-state index contributed by atoms with van der Waals surface area (Å²) in [6, 6.07) is 0. The third-order valence-corrected chi connectivity index (χ3v) is 29.3. The van der Waals surface area contributed by atoms with Crippen molar-refractivity contribution in [3.63, 3.8) is 0 Å². The fourth-order valence-electron chi connectivity index (χ4n) is 25.1. The van der Waals surface area contributed by atoms with Gasteiger partial charge in [0.25, 0.3) is 0 Å². The maximum Gasteiger partial charge on any atom is 0.171 e. The van der Waals surface area contributed by atoms with Gasteiger partial charge in [0.1, 0.15) is 12.1 Å². The largest absolute Gasteiger partial charge is 0.353 e. The Kier molecular flexibility index (Phi) is 15.4. The van der Waals surface area contributed by atoms with Crippen molar-refractivity contribution in [1.82, 2.24) is 0 Å². The summed E-state index contributed by atoms with van der Waals surface area (Å²) in [6.07, 6.45) is 30.9. The second-order valence-corrected chi connectivity index (χ2v) is 33.0. The van der Waals surface area contributed by atoms with E-state index in [1.165, 1.54) is 114 Å². The lowest BCUT2D eigenvalue weighted by Crippen LogP contribution is -2.67. The van der Waals surface area contributed by atoms with E-state index in [9.17, 15) is 19.2 Å². The number of ether oxygens (including phenoxy) is 4. The van der Waals surface area contributed by atoms with Crippen LogP contribution in [0.4, 0.5) is 0 Å². The first-order valence-electron chi connectivity index (χ1n) is 33.2. The number of aldehydes is 2.